The number of nitrogens with zero attached hydrogens (tertiary/aromatic N) is 3. The van der Waals surface area contributed by atoms with Crippen molar-refractivity contribution < 1.29 is 0 Å². The van der Waals surface area contributed by atoms with Crippen molar-refractivity contribution >= 4 is 100 Å². The first-order chi connectivity index (χ1) is 42.9. The van der Waals surface area contributed by atoms with Crippen molar-refractivity contribution in [1.29, 1.82) is 0 Å². The Hall–Kier alpha value is -8.73. The summed E-state index contributed by atoms with van der Waals surface area (Å²) in [6.45, 7) is 41.8. The van der Waals surface area contributed by atoms with Gasteiger partial charge in [0.15, 0.2) is 0 Å². The van der Waals surface area contributed by atoms with Gasteiger partial charge in [-0.2, -0.15) is 0 Å². The van der Waals surface area contributed by atoms with E-state index in [1.807, 2.05) is 0 Å². The number of hydrogen-bond donors (Lipinski definition) is 0. The van der Waals surface area contributed by atoms with Gasteiger partial charge in [0, 0.05) is 56.0 Å². The molecule has 0 N–H and O–H groups in total. The number of rotatable bonds is 5. The molecule has 0 radical (unpaired) electrons. The Labute approximate surface area is 542 Å². The van der Waals surface area contributed by atoms with E-state index >= 15 is 0 Å². The largest absolute Gasteiger partial charge is 0.311 e. The third-order valence-electron chi connectivity index (χ3n) is 19.9. The lowest BCUT2D eigenvalue weighted by molar-refractivity contribution is 0.568. The number of fused-ring (bicyclic) bond motifs is 12. The normalized spacial score (nSPS) is 13.8. The van der Waals surface area contributed by atoms with Gasteiger partial charge in [-0.15, -0.1) is 0 Å². The molecule has 0 fully saturated rings. The van der Waals surface area contributed by atoms with Crippen molar-refractivity contribution in [3.8, 4) is 33.6 Å². The van der Waals surface area contributed by atoms with Crippen LogP contribution in [-0.2, 0) is 32.5 Å². The lowest BCUT2D eigenvalue weighted by Crippen LogP contribution is -2.61. The van der Waals surface area contributed by atoms with Crippen LogP contribution >= 0.6 is 0 Å². The van der Waals surface area contributed by atoms with Crippen LogP contribution in [0.1, 0.15) is 158 Å². The van der Waals surface area contributed by atoms with E-state index in [9.17, 15) is 0 Å². The van der Waals surface area contributed by atoms with Crippen molar-refractivity contribution in [2.75, 3.05) is 9.80 Å². The summed E-state index contributed by atoms with van der Waals surface area (Å²) in [5.74, 6) is 0. The maximum atomic E-state index is 5.88. The Bertz CT molecular complexity index is 4560. The van der Waals surface area contributed by atoms with Crippen LogP contribution in [0.4, 0.5) is 34.1 Å². The van der Waals surface area contributed by atoms with Crippen LogP contribution in [0.2, 0.25) is 0 Å². The third kappa shape index (κ3) is 10.4. The SMILES string of the molecule is CC(C)(C)c1ccc(N2c3cc(-c4cc(-c5cc(C(C)(C)C)cc(C(C)(C)C)c5)nc(-c5cc(C(C)(C)C)cc(C(C)(C)C)c5)c4)cc4c3B(c3ccc5c(ccc6ccccc65)c32)c2ccc3c(ccc5ccccc53)c2N4c2ccc(C(C)(C)C)cc2)cc1. The molecule has 0 saturated carbocycles. The minimum atomic E-state index is -0.124. The average Bonchev–Trinajstić information content (AvgIpc) is 0.686. The monoisotopic (exact) mass is 1190 g/mol. The van der Waals surface area contributed by atoms with Crippen molar-refractivity contribution in [2.45, 2.75) is 157 Å². The van der Waals surface area contributed by atoms with Crippen LogP contribution in [0.25, 0.3) is 76.7 Å². The first-order valence-corrected chi connectivity index (χ1v) is 33.1. The average molecular weight is 1190 g/mol. The predicted molar refractivity (Wildman–Crippen MR) is 397 cm³/mol. The molecule has 0 bridgehead atoms. The molecule has 0 unspecified atom stereocenters. The molecule has 2 aliphatic rings. The molecular formula is C87H88BN3. The third-order valence-corrected chi connectivity index (χ3v) is 19.9. The summed E-state index contributed by atoms with van der Waals surface area (Å²) < 4.78 is 0. The molecule has 0 amide bonds. The first-order valence-electron chi connectivity index (χ1n) is 33.1. The van der Waals surface area contributed by atoms with E-state index in [-0.39, 0.29) is 39.2 Å². The van der Waals surface area contributed by atoms with Gasteiger partial charge in [-0.1, -0.05) is 258 Å². The maximum Gasteiger partial charge on any atom is 0.252 e. The Kier molecular flexibility index (Phi) is 13.8. The number of aromatic nitrogens is 1. The van der Waals surface area contributed by atoms with E-state index in [2.05, 4.69) is 341 Å². The van der Waals surface area contributed by atoms with Gasteiger partial charge in [-0.25, -0.2) is 4.98 Å². The zero-order valence-electron chi connectivity index (χ0n) is 57.0. The lowest BCUT2D eigenvalue weighted by Gasteiger charge is -2.45. The maximum absolute atomic E-state index is 5.88. The second-order valence-electron chi connectivity index (χ2n) is 32.6. The van der Waals surface area contributed by atoms with E-state index < -0.39 is 0 Å². The molecule has 91 heavy (non-hydrogen) atoms. The standard InChI is InChI=1S/C87H88BN3/c1-82(2,3)59-29-33-65(34-30-59)90-77-49-56(55-47-75(57-43-61(84(7,8)9)51-62(44-57)85(10,11)12)89-76(48-55)58-45-63(86(13,14)15)52-64(46-58)87(16,17)18)50-78-79(77)88(73-41-39-69-67-25-21-19-23-53(67)27-37-71(69)80(73)90)74-42-40-70-68-26-22-20-24-54(68)28-38-72(70)81(74)91(78)66-35-31-60(32-36-66)83(4,5)6/h19-52H,1-18H3. The molecule has 4 heteroatoms. The van der Waals surface area contributed by atoms with Crippen molar-refractivity contribution in [3.63, 3.8) is 0 Å². The van der Waals surface area contributed by atoms with E-state index in [0.29, 0.717) is 0 Å². The molecule has 0 aliphatic carbocycles. The van der Waals surface area contributed by atoms with Crippen molar-refractivity contribution in [2.24, 2.45) is 0 Å². The molecule has 0 saturated heterocycles. The summed E-state index contributed by atoms with van der Waals surface area (Å²) in [6.07, 6.45) is 0. The number of anilines is 6. The topological polar surface area (TPSA) is 19.4 Å². The van der Waals surface area contributed by atoms with Gasteiger partial charge in [0.2, 0.25) is 0 Å². The molecule has 454 valence electrons. The predicted octanol–water partition coefficient (Wildman–Crippen LogP) is 22.6. The highest BCUT2D eigenvalue weighted by Crippen LogP contribution is 2.51. The van der Waals surface area contributed by atoms with Crippen LogP contribution in [0.15, 0.2) is 206 Å². The fraction of sp³-hybridized carbons (Fsp3) is 0.276. The molecule has 3 heterocycles. The molecule has 2 aliphatic heterocycles. The van der Waals surface area contributed by atoms with Crippen LogP contribution in [0.3, 0.4) is 0 Å². The van der Waals surface area contributed by atoms with Crippen molar-refractivity contribution in [3.05, 3.63) is 240 Å². The Balaban J connectivity index is 1.16. The fourth-order valence-electron chi connectivity index (χ4n) is 14.4. The number of hydrogen-bond acceptors (Lipinski definition) is 3. The quantitative estimate of drug-likeness (QED) is 0.126. The highest BCUT2D eigenvalue weighted by Gasteiger charge is 2.45. The van der Waals surface area contributed by atoms with Crippen LogP contribution in [0.5, 0.6) is 0 Å². The minimum absolute atomic E-state index is 0.0359. The fourth-order valence-corrected chi connectivity index (χ4v) is 14.4. The van der Waals surface area contributed by atoms with Crippen LogP contribution in [0, 0.1) is 0 Å². The van der Waals surface area contributed by atoms with Gasteiger partial charge in [0.05, 0.1) is 11.4 Å². The molecule has 14 rings (SSSR count). The molecule has 11 aromatic carbocycles. The van der Waals surface area contributed by atoms with E-state index in [1.54, 1.807) is 0 Å². The number of benzene rings is 11. The van der Waals surface area contributed by atoms with Crippen LogP contribution in [-0.4, -0.2) is 11.7 Å². The van der Waals surface area contributed by atoms with Crippen LogP contribution < -0.4 is 26.2 Å². The zero-order chi connectivity index (χ0) is 64.2. The summed E-state index contributed by atoms with van der Waals surface area (Å²) in [4.78, 5) is 11.2. The van der Waals surface area contributed by atoms with Gasteiger partial charge >= 0.3 is 0 Å². The minimum Gasteiger partial charge on any atom is -0.311 e. The van der Waals surface area contributed by atoms with Gasteiger partial charge in [0.25, 0.3) is 6.71 Å². The first kappa shape index (κ1) is 59.9. The Morgan fingerprint density at radius 1 is 0.275 bits per heavy atom. The van der Waals surface area contributed by atoms with Gasteiger partial charge < -0.3 is 9.80 Å². The second-order valence-corrected chi connectivity index (χ2v) is 32.6. The second kappa shape index (κ2) is 20.9. The van der Waals surface area contributed by atoms with E-state index in [1.165, 1.54) is 116 Å². The van der Waals surface area contributed by atoms with Gasteiger partial charge in [-0.05, 0) is 198 Å². The summed E-state index contributed by atoms with van der Waals surface area (Å²) in [7, 11) is 0. The number of pyridine rings is 1. The van der Waals surface area contributed by atoms with Crippen molar-refractivity contribution in [1.82, 2.24) is 4.98 Å². The Morgan fingerprint density at radius 3 is 0.956 bits per heavy atom. The van der Waals surface area contributed by atoms with Gasteiger partial charge in [-0.3, -0.25) is 0 Å². The van der Waals surface area contributed by atoms with E-state index in [0.717, 1.165) is 45.0 Å². The van der Waals surface area contributed by atoms with Gasteiger partial charge in [0.1, 0.15) is 0 Å². The highest BCUT2D eigenvalue weighted by atomic mass is 15.2. The Morgan fingerprint density at radius 2 is 0.604 bits per heavy atom. The molecular weight excluding hydrogens is 1100 g/mol. The summed E-state index contributed by atoms with van der Waals surface area (Å²) in [5.41, 5.74) is 24.7. The smallest absolute Gasteiger partial charge is 0.252 e. The molecule has 3 nitrogen and oxygen atoms in total. The molecule has 1 aromatic heterocycles. The summed E-state index contributed by atoms with van der Waals surface area (Å²) in [5, 5.41) is 9.95. The van der Waals surface area contributed by atoms with E-state index in [4.69, 9.17) is 4.98 Å². The molecule has 0 atom stereocenters. The molecule has 0 spiro atoms. The summed E-state index contributed by atoms with van der Waals surface area (Å²) >= 11 is 0. The lowest BCUT2D eigenvalue weighted by atomic mass is 9.33. The molecule has 12 aromatic rings. The highest BCUT2D eigenvalue weighted by molar-refractivity contribution is 7.01. The zero-order valence-corrected chi connectivity index (χ0v) is 57.0. The summed E-state index contributed by atoms with van der Waals surface area (Å²) in [6, 6.07) is 80.5.